The molecule has 4 rings (SSSR count). The van der Waals surface area contributed by atoms with Gasteiger partial charge in [-0.25, -0.2) is 22.9 Å². The van der Waals surface area contributed by atoms with E-state index in [0.717, 1.165) is 29.0 Å². The van der Waals surface area contributed by atoms with Crippen molar-refractivity contribution in [3.8, 4) is 5.69 Å². The van der Waals surface area contributed by atoms with Gasteiger partial charge in [0.15, 0.2) is 23.1 Å². The van der Waals surface area contributed by atoms with E-state index in [-0.39, 0.29) is 42.4 Å². The second kappa shape index (κ2) is 11.4. The Morgan fingerprint density at radius 1 is 1.20 bits per heavy atom. The third-order valence-electron chi connectivity index (χ3n) is 6.94. The number of ketones is 1. The number of aromatic carboxylic acids is 1. The SMILES string of the molecule is CCC(C(=O)CN)C(N)C(=O)NC1CCCN1c1nc2c(cc1F)c(=O)c(C(=O)O)cn2-c1ccc(F)cc1F. The lowest BCUT2D eigenvalue weighted by atomic mass is 9.92. The average molecular weight is 561 g/mol. The zero-order chi connectivity index (χ0) is 29.3. The number of fused-ring (bicyclic) bond motifs is 1. The van der Waals surface area contributed by atoms with Crippen molar-refractivity contribution in [1.82, 2.24) is 14.9 Å². The molecule has 0 spiro atoms. The average Bonchev–Trinajstić information content (AvgIpc) is 3.36. The highest BCUT2D eigenvalue weighted by atomic mass is 19.1. The van der Waals surface area contributed by atoms with Gasteiger partial charge < -0.3 is 26.8 Å². The summed E-state index contributed by atoms with van der Waals surface area (Å²) in [4.78, 5) is 55.3. The smallest absolute Gasteiger partial charge is 0.341 e. The fourth-order valence-corrected chi connectivity index (χ4v) is 4.88. The molecule has 40 heavy (non-hydrogen) atoms. The first kappa shape index (κ1) is 28.7. The molecule has 0 aliphatic carbocycles. The summed E-state index contributed by atoms with van der Waals surface area (Å²) in [5.41, 5.74) is 9.02. The van der Waals surface area contributed by atoms with Crippen LogP contribution in [0.4, 0.5) is 19.0 Å². The summed E-state index contributed by atoms with van der Waals surface area (Å²) in [7, 11) is 0. The van der Waals surface area contributed by atoms with Crippen LogP contribution in [0.5, 0.6) is 0 Å². The number of pyridine rings is 2. The zero-order valence-corrected chi connectivity index (χ0v) is 21.4. The highest BCUT2D eigenvalue weighted by molar-refractivity contribution is 5.93. The van der Waals surface area contributed by atoms with Gasteiger partial charge in [0.05, 0.1) is 23.7 Å². The molecule has 1 aliphatic heterocycles. The van der Waals surface area contributed by atoms with Crippen LogP contribution in [0.3, 0.4) is 0 Å². The topological polar surface area (TPSA) is 174 Å². The number of hydrogen-bond acceptors (Lipinski definition) is 8. The number of halogens is 3. The van der Waals surface area contributed by atoms with Crippen LogP contribution in [0, 0.1) is 23.4 Å². The van der Waals surface area contributed by atoms with Crippen LogP contribution in [-0.2, 0) is 9.59 Å². The van der Waals surface area contributed by atoms with Gasteiger partial charge in [0.1, 0.15) is 23.4 Å². The van der Waals surface area contributed by atoms with E-state index in [9.17, 15) is 33.1 Å². The number of carboxylic acids is 1. The molecule has 2 aromatic heterocycles. The molecule has 0 radical (unpaired) electrons. The quantitative estimate of drug-likeness (QED) is 0.302. The van der Waals surface area contributed by atoms with Crippen molar-refractivity contribution < 1.29 is 32.7 Å². The normalized spacial score (nSPS) is 16.6. The Balaban J connectivity index is 1.79. The number of nitrogens with zero attached hydrogens (tertiary/aromatic N) is 3. The van der Waals surface area contributed by atoms with Gasteiger partial charge in [-0.05, 0) is 37.5 Å². The molecule has 212 valence electrons. The number of amides is 1. The van der Waals surface area contributed by atoms with E-state index in [0.29, 0.717) is 18.9 Å². The minimum Gasteiger partial charge on any atom is -0.477 e. The van der Waals surface area contributed by atoms with Crippen molar-refractivity contribution >= 4 is 34.5 Å². The molecule has 1 aliphatic rings. The van der Waals surface area contributed by atoms with E-state index in [4.69, 9.17) is 11.5 Å². The van der Waals surface area contributed by atoms with Crippen molar-refractivity contribution in [3.63, 3.8) is 0 Å². The molecule has 3 unspecified atom stereocenters. The number of aromatic nitrogens is 2. The van der Waals surface area contributed by atoms with Gasteiger partial charge >= 0.3 is 5.97 Å². The largest absolute Gasteiger partial charge is 0.477 e. The Kier molecular flexibility index (Phi) is 8.21. The third kappa shape index (κ3) is 5.27. The van der Waals surface area contributed by atoms with Crippen LogP contribution in [0.25, 0.3) is 16.7 Å². The molecular formula is C26H27F3N6O5. The molecule has 11 nitrogen and oxygen atoms in total. The van der Waals surface area contributed by atoms with Crippen LogP contribution in [0.2, 0.25) is 0 Å². The molecule has 1 aromatic carbocycles. The molecule has 14 heteroatoms. The summed E-state index contributed by atoms with van der Waals surface area (Å²) in [5, 5.41) is 11.8. The number of anilines is 1. The van der Waals surface area contributed by atoms with Crippen LogP contribution in [0.15, 0.2) is 35.3 Å². The molecule has 0 saturated carbocycles. The lowest BCUT2D eigenvalue weighted by molar-refractivity contribution is -0.130. The maximum atomic E-state index is 15.4. The number of carboxylic acid groups (broad SMARTS) is 1. The molecule has 0 bridgehead atoms. The van der Waals surface area contributed by atoms with Crippen molar-refractivity contribution in [2.24, 2.45) is 17.4 Å². The molecule has 3 aromatic rings. The maximum Gasteiger partial charge on any atom is 0.341 e. The number of Topliss-reactive ketones (excluding diaryl/α,β-unsaturated/α-hetero) is 1. The predicted octanol–water partition coefficient (Wildman–Crippen LogP) is 1.43. The number of nitrogens with one attached hydrogen (secondary N) is 1. The number of rotatable bonds is 9. The minimum absolute atomic E-state index is 0.233. The first-order chi connectivity index (χ1) is 19.0. The number of carbonyl (C=O) groups is 3. The van der Waals surface area contributed by atoms with Crippen LogP contribution < -0.4 is 27.1 Å². The Morgan fingerprint density at radius 3 is 2.55 bits per heavy atom. The molecule has 3 heterocycles. The number of benzene rings is 1. The molecule has 1 saturated heterocycles. The number of hydrogen-bond donors (Lipinski definition) is 4. The summed E-state index contributed by atoms with van der Waals surface area (Å²) in [6.45, 7) is 1.65. The van der Waals surface area contributed by atoms with E-state index in [1.165, 1.54) is 4.90 Å². The molecule has 6 N–H and O–H groups in total. The molecule has 1 amide bonds. The summed E-state index contributed by atoms with van der Waals surface area (Å²) in [6.07, 6.45) is 1.21. The van der Waals surface area contributed by atoms with Gasteiger partial charge in [-0.3, -0.25) is 19.0 Å². The summed E-state index contributed by atoms with van der Waals surface area (Å²) < 4.78 is 44.7. The Hall–Kier alpha value is -4.30. The highest BCUT2D eigenvalue weighted by Crippen LogP contribution is 2.29. The highest BCUT2D eigenvalue weighted by Gasteiger charge is 2.34. The fourth-order valence-electron chi connectivity index (χ4n) is 4.88. The fraction of sp³-hybridized carbons (Fsp3) is 0.346. The molecule has 3 atom stereocenters. The van der Waals surface area contributed by atoms with Gasteiger partial charge in [0.25, 0.3) is 0 Å². The molecular weight excluding hydrogens is 533 g/mol. The summed E-state index contributed by atoms with van der Waals surface area (Å²) >= 11 is 0. The van der Waals surface area contributed by atoms with Crippen molar-refractivity contribution in [3.05, 3.63) is 63.7 Å². The number of nitrogens with two attached hydrogens (primary N) is 2. The second-order valence-corrected chi connectivity index (χ2v) is 9.38. The Morgan fingerprint density at radius 2 is 1.93 bits per heavy atom. The van der Waals surface area contributed by atoms with Crippen LogP contribution >= 0.6 is 0 Å². The van der Waals surface area contributed by atoms with Crippen LogP contribution in [0.1, 0.15) is 36.5 Å². The maximum absolute atomic E-state index is 15.4. The Bertz CT molecular complexity index is 1560. The van der Waals surface area contributed by atoms with Gasteiger partial charge in [0, 0.05) is 24.7 Å². The van der Waals surface area contributed by atoms with Crippen molar-refractivity contribution in [1.29, 1.82) is 0 Å². The number of carbonyl (C=O) groups excluding carboxylic acids is 2. The van der Waals surface area contributed by atoms with Gasteiger partial charge in [-0.15, -0.1) is 0 Å². The van der Waals surface area contributed by atoms with E-state index in [1.54, 1.807) is 6.92 Å². The minimum atomic E-state index is -1.63. The van der Waals surface area contributed by atoms with E-state index >= 15 is 4.39 Å². The van der Waals surface area contributed by atoms with Gasteiger partial charge in [-0.2, -0.15) is 0 Å². The first-order valence-electron chi connectivity index (χ1n) is 12.5. The van der Waals surface area contributed by atoms with Crippen LogP contribution in [-0.4, -0.2) is 57.6 Å². The summed E-state index contributed by atoms with van der Waals surface area (Å²) in [6, 6.07) is 2.12. The second-order valence-electron chi connectivity index (χ2n) is 9.38. The van der Waals surface area contributed by atoms with E-state index in [1.807, 2.05) is 0 Å². The standard InChI is InChI=1S/C26H27F3N6O5/c1-2-13(19(36)10-30)21(31)25(38)32-20-4-3-7-34(20)24-17(29)9-14-22(37)15(26(39)40)11-35(23(14)33-24)18-6-5-12(27)8-16(18)28/h5-6,8-9,11,13,20-21H,2-4,7,10,30-31H2,1H3,(H,32,38)(H,39,40). The lowest BCUT2D eigenvalue weighted by Crippen LogP contribution is -2.54. The molecule has 1 fully saturated rings. The van der Waals surface area contributed by atoms with Crippen molar-refractivity contribution in [2.75, 3.05) is 18.0 Å². The third-order valence-corrected chi connectivity index (χ3v) is 6.94. The zero-order valence-electron chi connectivity index (χ0n) is 21.4. The predicted molar refractivity (Wildman–Crippen MR) is 139 cm³/mol. The lowest BCUT2D eigenvalue weighted by Gasteiger charge is -2.29. The first-order valence-corrected chi connectivity index (χ1v) is 12.5. The van der Waals surface area contributed by atoms with Gasteiger partial charge in [0.2, 0.25) is 11.3 Å². The van der Waals surface area contributed by atoms with Crippen molar-refractivity contribution in [2.45, 2.75) is 38.4 Å². The van der Waals surface area contributed by atoms with E-state index in [2.05, 4.69) is 10.3 Å². The van der Waals surface area contributed by atoms with E-state index < -0.39 is 63.8 Å². The van der Waals surface area contributed by atoms with Gasteiger partial charge in [-0.1, -0.05) is 6.92 Å². The Labute approximate surface area is 225 Å². The summed E-state index contributed by atoms with van der Waals surface area (Å²) in [5.74, 6) is -6.72. The monoisotopic (exact) mass is 560 g/mol.